The lowest BCUT2D eigenvalue weighted by Crippen LogP contribution is -2.35. The van der Waals surface area contributed by atoms with E-state index in [2.05, 4.69) is 12.2 Å². The molecule has 3 atom stereocenters. The summed E-state index contributed by atoms with van der Waals surface area (Å²) in [5.41, 5.74) is 0. The summed E-state index contributed by atoms with van der Waals surface area (Å²) in [5, 5.41) is 21.6. The van der Waals surface area contributed by atoms with Crippen LogP contribution >= 0.6 is 11.8 Å². The molecule has 3 nitrogen and oxygen atoms in total. The minimum absolute atomic E-state index is 0.0787. The lowest BCUT2D eigenvalue weighted by Gasteiger charge is -2.14. The van der Waals surface area contributed by atoms with Gasteiger partial charge in [0.15, 0.2) is 0 Å². The Bertz CT molecular complexity index is 123. The maximum absolute atomic E-state index is 9.36. The van der Waals surface area contributed by atoms with Crippen LogP contribution in [0.2, 0.25) is 0 Å². The first-order valence-electron chi connectivity index (χ1n) is 3.93. The van der Waals surface area contributed by atoms with Gasteiger partial charge in [0, 0.05) is 18.3 Å². The molecule has 66 valence electrons. The summed E-state index contributed by atoms with van der Waals surface area (Å²) < 4.78 is 0. The molecule has 1 rings (SSSR count). The van der Waals surface area contributed by atoms with Gasteiger partial charge in [-0.25, -0.2) is 0 Å². The highest BCUT2D eigenvalue weighted by atomic mass is 32.2. The van der Waals surface area contributed by atoms with E-state index in [1.54, 1.807) is 11.8 Å². The normalized spacial score (nSPS) is 37.9. The van der Waals surface area contributed by atoms with Crippen molar-refractivity contribution in [3.8, 4) is 0 Å². The highest BCUT2D eigenvalue weighted by Gasteiger charge is 2.32. The molecule has 0 saturated carbocycles. The third kappa shape index (κ3) is 2.33. The maximum Gasteiger partial charge on any atom is 0.0972 e. The first-order valence-corrected chi connectivity index (χ1v) is 5.08. The van der Waals surface area contributed by atoms with Crippen molar-refractivity contribution >= 4 is 11.8 Å². The molecule has 1 aliphatic heterocycles. The molecular formula is C7H15NO2S. The number of nitrogens with one attached hydrogen (secondary N) is 1. The smallest absolute Gasteiger partial charge is 0.0972 e. The Labute approximate surface area is 71.2 Å². The highest BCUT2D eigenvalue weighted by Crippen LogP contribution is 2.12. The Hall–Kier alpha value is 0.230. The van der Waals surface area contributed by atoms with Gasteiger partial charge in [-0.15, -0.1) is 0 Å². The molecule has 4 heteroatoms. The summed E-state index contributed by atoms with van der Waals surface area (Å²) in [6.45, 7) is 2.61. The number of hydrogen-bond donors (Lipinski definition) is 3. The molecule has 1 heterocycles. The van der Waals surface area contributed by atoms with E-state index in [9.17, 15) is 5.11 Å². The van der Waals surface area contributed by atoms with E-state index >= 15 is 0 Å². The minimum Gasteiger partial charge on any atom is -0.389 e. The predicted octanol–water partition coefficient (Wildman–Crippen LogP) is -0.567. The summed E-state index contributed by atoms with van der Waals surface area (Å²) >= 11 is 1.78. The van der Waals surface area contributed by atoms with Crippen molar-refractivity contribution in [1.29, 1.82) is 0 Å². The van der Waals surface area contributed by atoms with Crippen LogP contribution in [0, 0.1) is 0 Å². The van der Waals surface area contributed by atoms with Gasteiger partial charge in [-0.2, -0.15) is 11.8 Å². The topological polar surface area (TPSA) is 52.5 Å². The third-order valence-electron chi connectivity index (χ3n) is 1.90. The third-order valence-corrected chi connectivity index (χ3v) is 2.90. The van der Waals surface area contributed by atoms with Crippen LogP contribution in [0.5, 0.6) is 0 Å². The van der Waals surface area contributed by atoms with Crippen molar-refractivity contribution in [2.24, 2.45) is 0 Å². The molecule has 0 aromatic rings. The van der Waals surface area contributed by atoms with Crippen LogP contribution in [-0.4, -0.2) is 46.5 Å². The standard InChI is InChI=1S/C7H15NO2S/c1-2-11-4-5-7(10)6(9)3-8-5/h5-10H,2-4H2,1H3/t5-,6+,7-/m1/s1. The molecule has 0 radical (unpaired) electrons. The van der Waals surface area contributed by atoms with Crippen molar-refractivity contribution < 1.29 is 10.2 Å². The van der Waals surface area contributed by atoms with Crippen LogP contribution in [0.4, 0.5) is 0 Å². The maximum atomic E-state index is 9.36. The SMILES string of the molecule is CCSC[C@H]1NC[C@H](O)[C@@H]1O. The lowest BCUT2D eigenvalue weighted by molar-refractivity contribution is 0.0443. The first kappa shape index (κ1) is 9.32. The van der Waals surface area contributed by atoms with Gasteiger partial charge in [0.05, 0.1) is 12.2 Å². The van der Waals surface area contributed by atoms with Crippen LogP contribution in [0.1, 0.15) is 6.92 Å². The Morgan fingerprint density at radius 1 is 1.55 bits per heavy atom. The summed E-state index contributed by atoms with van der Waals surface area (Å²) in [7, 11) is 0. The molecule has 11 heavy (non-hydrogen) atoms. The molecule has 0 aliphatic carbocycles. The molecule has 0 unspecified atom stereocenters. The van der Waals surface area contributed by atoms with Crippen LogP contribution in [0.25, 0.3) is 0 Å². The fourth-order valence-corrected chi connectivity index (χ4v) is 1.99. The van der Waals surface area contributed by atoms with Crippen LogP contribution < -0.4 is 5.32 Å². The van der Waals surface area contributed by atoms with E-state index in [1.807, 2.05) is 0 Å². The zero-order valence-corrected chi connectivity index (χ0v) is 7.47. The number of rotatable bonds is 3. The monoisotopic (exact) mass is 177 g/mol. The predicted molar refractivity (Wildman–Crippen MR) is 46.8 cm³/mol. The molecule has 1 fully saturated rings. The van der Waals surface area contributed by atoms with Gasteiger partial charge in [-0.3, -0.25) is 0 Å². The van der Waals surface area contributed by atoms with Crippen molar-refractivity contribution in [3.63, 3.8) is 0 Å². The Morgan fingerprint density at radius 2 is 2.27 bits per heavy atom. The Kier molecular flexibility index (Phi) is 3.65. The Morgan fingerprint density at radius 3 is 2.73 bits per heavy atom. The summed E-state index contributed by atoms with van der Waals surface area (Å²) in [5.74, 6) is 1.94. The van der Waals surface area contributed by atoms with E-state index in [-0.39, 0.29) is 6.04 Å². The van der Waals surface area contributed by atoms with E-state index in [0.717, 1.165) is 11.5 Å². The molecule has 0 bridgehead atoms. The number of β-amino-alcohol motifs (C(OH)–C–C–N with tert-alkyl or cyclic N) is 1. The van der Waals surface area contributed by atoms with Gasteiger partial charge >= 0.3 is 0 Å². The molecule has 0 aromatic carbocycles. The van der Waals surface area contributed by atoms with E-state index in [0.29, 0.717) is 6.54 Å². The number of aliphatic hydroxyl groups excluding tert-OH is 2. The first-order chi connectivity index (χ1) is 5.25. The summed E-state index contributed by atoms with van der Waals surface area (Å²) in [4.78, 5) is 0. The zero-order chi connectivity index (χ0) is 8.27. The van der Waals surface area contributed by atoms with Gasteiger partial charge < -0.3 is 15.5 Å². The van der Waals surface area contributed by atoms with Gasteiger partial charge in [0.1, 0.15) is 0 Å². The van der Waals surface area contributed by atoms with Gasteiger partial charge in [0.2, 0.25) is 0 Å². The van der Waals surface area contributed by atoms with Crippen LogP contribution in [-0.2, 0) is 0 Å². The van der Waals surface area contributed by atoms with Crippen LogP contribution in [0.3, 0.4) is 0 Å². The molecule has 0 amide bonds. The zero-order valence-electron chi connectivity index (χ0n) is 6.66. The number of hydrogen-bond acceptors (Lipinski definition) is 4. The number of aliphatic hydroxyl groups is 2. The fraction of sp³-hybridized carbons (Fsp3) is 1.00. The van der Waals surface area contributed by atoms with E-state index < -0.39 is 12.2 Å². The molecule has 1 aliphatic rings. The molecule has 3 N–H and O–H groups in total. The van der Waals surface area contributed by atoms with Crippen LogP contribution in [0.15, 0.2) is 0 Å². The molecule has 0 aromatic heterocycles. The average Bonchev–Trinajstić information content (AvgIpc) is 2.31. The molecule has 1 saturated heterocycles. The quantitative estimate of drug-likeness (QED) is 0.540. The van der Waals surface area contributed by atoms with E-state index in [4.69, 9.17) is 5.11 Å². The second-order valence-electron chi connectivity index (χ2n) is 2.73. The van der Waals surface area contributed by atoms with Gasteiger partial charge in [-0.1, -0.05) is 6.92 Å². The minimum atomic E-state index is -0.575. The van der Waals surface area contributed by atoms with Crippen molar-refractivity contribution in [1.82, 2.24) is 5.32 Å². The summed E-state index contributed by atoms with van der Waals surface area (Å²) in [6.07, 6.45) is -1.15. The molecular weight excluding hydrogens is 162 g/mol. The Balaban J connectivity index is 2.24. The second-order valence-corrected chi connectivity index (χ2v) is 4.05. The number of thioether (sulfide) groups is 1. The lowest BCUT2D eigenvalue weighted by atomic mass is 10.2. The van der Waals surface area contributed by atoms with E-state index in [1.165, 1.54) is 0 Å². The second kappa shape index (κ2) is 4.30. The molecule has 0 spiro atoms. The largest absolute Gasteiger partial charge is 0.389 e. The van der Waals surface area contributed by atoms with Gasteiger partial charge in [0.25, 0.3) is 0 Å². The fourth-order valence-electron chi connectivity index (χ4n) is 1.18. The van der Waals surface area contributed by atoms with Crippen molar-refractivity contribution in [2.75, 3.05) is 18.1 Å². The average molecular weight is 177 g/mol. The highest BCUT2D eigenvalue weighted by molar-refractivity contribution is 7.99. The summed E-state index contributed by atoms with van der Waals surface area (Å²) in [6, 6.07) is 0.0787. The van der Waals surface area contributed by atoms with Crippen molar-refractivity contribution in [2.45, 2.75) is 25.2 Å². The van der Waals surface area contributed by atoms with Crippen molar-refractivity contribution in [3.05, 3.63) is 0 Å². The van der Waals surface area contributed by atoms with Gasteiger partial charge in [-0.05, 0) is 5.75 Å².